The van der Waals surface area contributed by atoms with E-state index in [2.05, 4.69) is 74.7 Å². The molecule has 6 nitrogen and oxygen atoms in total. The number of esters is 1. The Labute approximate surface area is 230 Å². The van der Waals surface area contributed by atoms with E-state index < -0.39 is 34.1 Å². The molecule has 0 aliphatic rings. The van der Waals surface area contributed by atoms with Gasteiger partial charge in [-0.05, 0) is 55.0 Å². The molecule has 8 heteroatoms. The normalized spacial score (nSPS) is 17.1. The average Bonchev–Trinajstić information content (AvgIpc) is 2.74. The molecule has 0 aromatic rings. The molecule has 0 saturated heterocycles. The van der Waals surface area contributed by atoms with Gasteiger partial charge in [0.15, 0.2) is 16.6 Å². The van der Waals surface area contributed by atoms with Crippen molar-refractivity contribution in [3.63, 3.8) is 0 Å². The van der Waals surface area contributed by atoms with E-state index in [0.717, 1.165) is 19.1 Å². The number of carbonyl (C=O) groups excluding carboxylic acids is 3. The summed E-state index contributed by atoms with van der Waals surface area (Å²) < 4.78 is 18.6. The molecule has 218 valence electrons. The summed E-state index contributed by atoms with van der Waals surface area (Å²) in [6.07, 6.45) is 2.17. The number of unbranched alkanes of at least 4 members (excludes halogenated alkanes) is 1. The molecule has 0 bridgehead atoms. The molecular formula is C29H58O6Si2. The molecular weight excluding hydrogens is 500 g/mol. The van der Waals surface area contributed by atoms with Gasteiger partial charge in [0.05, 0.1) is 25.7 Å². The van der Waals surface area contributed by atoms with Crippen LogP contribution in [0.15, 0.2) is 0 Å². The second kappa shape index (κ2) is 13.5. The van der Waals surface area contributed by atoms with Gasteiger partial charge in [-0.2, -0.15) is 0 Å². The monoisotopic (exact) mass is 558 g/mol. The Morgan fingerprint density at radius 1 is 0.838 bits per heavy atom. The van der Waals surface area contributed by atoms with Crippen LogP contribution >= 0.6 is 0 Å². The van der Waals surface area contributed by atoms with Crippen LogP contribution < -0.4 is 0 Å². The van der Waals surface area contributed by atoms with Crippen LogP contribution in [0.2, 0.25) is 36.3 Å². The van der Waals surface area contributed by atoms with Gasteiger partial charge in [0.1, 0.15) is 12.1 Å². The Hall–Kier alpha value is -0.836. The Morgan fingerprint density at radius 3 is 1.70 bits per heavy atom. The molecule has 37 heavy (non-hydrogen) atoms. The molecule has 0 aromatic carbocycles. The van der Waals surface area contributed by atoms with Gasteiger partial charge in [0.2, 0.25) is 0 Å². The number of hydrogen-bond donors (Lipinski definition) is 0. The number of carbonyl (C=O) groups is 3. The third-order valence-corrected chi connectivity index (χ3v) is 17.9. The zero-order chi connectivity index (χ0) is 29.6. The fraction of sp³-hybridized carbons (Fsp3) is 0.897. The first-order valence-corrected chi connectivity index (χ1v) is 19.7. The van der Waals surface area contributed by atoms with Crippen molar-refractivity contribution in [2.75, 3.05) is 7.11 Å². The summed E-state index contributed by atoms with van der Waals surface area (Å²) in [6, 6.07) is 0. The van der Waals surface area contributed by atoms with Gasteiger partial charge in [-0.15, -0.1) is 0 Å². The van der Waals surface area contributed by atoms with E-state index in [0.29, 0.717) is 6.42 Å². The molecule has 0 saturated carbocycles. The Morgan fingerprint density at radius 2 is 1.30 bits per heavy atom. The first-order valence-electron chi connectivity index (χ1n) is 13.9. The van der Waals surface area contributed by atoms with E-state index in [4.69, 9.17) is 13.6 Å². The molecule has 0 aliphatic carbocycles. The highest BCUT2D eigenvalue weighted by molar-refractivity contribution is 6.74. The first-order chi connectivity index (χ1) is 16.5. The number of hydrogen-bond acceptors (Lipinski definition) is 6. The zero-order valence-electron chi connectivity index (χ0n) is 26.7. The number of ether oxygens (including phenoxy) is 1. The molecule has 0 amide bonds. The van der Waals surface area contributed by atoms with Crippen molar-refractivity contribution < 1.29 is 28.0 Å². The smallest absolute Gasteiger partial charge is 0.308 e. The van der Waals surface area contributed by atoms with Crippen molar-refractivity contribution in [2.45, 2.75) is 143 Å². The maximum atomic E-state index is 14.3. The lowest BCUT2D eigenvalue weighted by molar-refractivity contribution is -0.148. The van der Waals surface area contributed by atoms with Crippen LogP contribution in [0.1, 0.15) is 94.9 Å². The van der Waals surface area contributed by atoms with Crippen LogP contribution in [0.5, 0.6) is 0 Å². The Balaban J connectivity index is 6.38. The van der Waals surface area contributed by atoms with Gasteiger partial charge in [-0.1, -0.05) is 69.2 Å². The molecule has 4 atom stereocenters. The minimum atomic E-state index is -2.29. The van der Waals surface area contributed by atoms with Crippen LogP contribution in [0.25, 0.3) is 0 Å². The summed E-state index contributed by atoms with van der Waals surface area (Å²) in [5.74, 6) is -0.651. The van der Waals surface area contributed by atoms with Crippen LogP contribution in [0, 0.1) is 17.3 Å². The second-order valence-corrected chi connectivity index (χ2v) is 24.0. The molecule has 0 spiro atoms. The lowest BCUT2D eigenvalue weighted by Crippen LogP contribution is -2.54. The van der Waals surface area contributed by atoms with Crippen LogP contribution in [0.3, 0.4) is 0 Å². The lowest BCUT2D eigenvalue weighted by Gasteiger charge is -2.46. The standard InChI is InChI=1S/C29H58O6Si2/c1-21(18-16-17-19-30)25(35-37(14,15)28(6,7)8)22(2)26(32)29(9,10)23(20-24(31)33-11)34-36(12,13)27(3,4)5/h19,21-23,25H,16-18,20H2,1-15H3/t21-,22+,23-,25-/m0/s1. The van der Waals surface area contributed by atoms with Crippen LogP contribution in [-0.4, -0.2) is 54.0 Å². The summed E-state index contributed by atoms with van der Waals surface area (Å²) in [5, 5.41) is -0.0852. The van der Waals surface area contributed by atoms with Crippen molar-refractivity contribution in [1.82, 2.24) is 0 Å². The minimum absolute atomic E-state index is 0.00901. The maximum Gasteiger partial charge on any atom is 0.308 e. The summed E-state index contributed by atoms with van der Waals surface area (Å²) >= 11 is 0. The summed E-state index contributed by atoms with van der Waals surface area (Å²) in [6.45, 7) is 29.6. The Kier molecular flexibility index (Phi) is 13.2. The highest BCUT2D eigenvalue weighted by Crippen LogP contribution is 2.44. The molecule has 0 aliphatic heterocycles. The third-order valence-electron chi connectivity index (χ3n) is 8.95. The van der Waals surface area contributed by atoms with Gasteiger partial charge in [-0.25, -0.2) is 0 Å². The summed E-state index contributed by atoms with van der Waals surface area (Å²) in [7, 11) is -3.11. The number of aldehydes is 1. The van der Waals surface area contributed by atoms with Crippen LogP contribution in [-0.2, 0) is 28.0 Å². The number of rotatable bonds is 15. The predicted molar refractivity (Wildman–Crippen MR) is 158 cm³/mol. The molecule has 0 heterocycles. The van der Waals surface area contributed by atoms with Crippen molar-refractivity contribution in [3.05, 3.63) is 0 Å². The fourth-order valence-electron chi connectivity index (χ4n) is 4.02. The lowest BCUT2D eigenvalue weighted by atomic mass is 9.73. The summed E-state index contributed by atoms with van der Waals surface area (Å²) in [4.78, 5) is 37.7. The summed E-state index contributed by atoms with van der Waals surface area (Å²) in [5.41, 5.74) is -0.930. The Bertz CT molecular complexity index is 761. The second-order valence-electron chi connectivity index (χ2n) is 14.4. The van der Waals surface area contributed by atoms with Gasteiger partial charge >= 0.3 is 5.97 Å². The van der Waals surface area contributed by atoms with E-state index in [1.54, 1.807) is 0 Å². The maximum absolute atomic E-state index is 14.3. The zero-order valence-corrected chi connectivity index (χ0v) is 28.7. The van der Waals surface area contributed by atoms with Crippen molar-refractivity contribution in [3.8, 4) is 0 Å². The molecule has 0 N–H and O–H groups in total. The van der Waals surface area contributed by atoms with Gasteiger partial charge < -0.3 is 18.4 Å². The van der Waals surface area contributed by atoms with Gasteiger partial charge in [0.25, 0.3) is 0 Å². The highest BCUT2D eigenvalue weighted by atomic mass is 28.4. The van der Waals surface area contributed by atoms with Crippen LogP contribution in [0.4, 0.5) is 0 Å². The topological polar surface area (TPSA) is 78.9 Å². The van der Waals surface area contributed by atoms with E-state index in [1.165, 1.54) is 7.11 Å². The average molecular weight is 559 g/mol. The van der Waals surface area contributed by atoms with Crippen molar-refractivity contribution in [1.29, 1.82) is 0 Å². The predicted octanol–water partition coefficient (Wildman–Crippen LogP) is 7.57. The van der Waals surface area contributed by atoms with E-state index in [-0.39, 0.29) is 40.3 Å². The van der Waals surface area contributed by atoms with E-state index in [9.17, 15) is 14.4 Å². The number of ketones is 1. The minimum Gasteiger partial charge on any atom is -0.469 e. The van der Waals surface area contributed by atoms with Crippen molar-refractivity contribution >= 4 is 34.7 Å². The molecule has 0 rings (SSSR count). The SMILES string of the molecule is COC(=O)C[C@H](O[Si](C)(C)C(C)(C)C)C(C)(C)C(=O)[C@H](C)[C@@H](O[Si](C)(C)C(C)(C)C)[C@@H](C)CCCC=O. The number of methoxy groups -OCH3 is 1. The van der Waals surface area contributed by atoms with E-state index in [1.807, 2.05) is 20.8 Å². The number of Topliss-reactive ketones (excluding diaryl/α,β-unsaturated/α-hetero) is 1. The molecule has 0 unspecified atom stereocenters. The highest BCUT2D eigenvalue weighted by Gasteiger charge is 2.49. The first kappa shape index (κ1) is 36.2. The van der Waals surface area contributed by atoms with Gasteiger partial charge in [-0.3, -0.25) is 9.59 Å². The quantitative estimate of drug-likeness (QED) is 0.0892. The van der Waals surface area contributed by atoms with Gasteiger partial charge in [0, 0.05) is 17.8 Å². The third kappa shape index (κ3) is 10.0. The largest absolute Gasteiger partial charge is 0.469 e. The molecule has 0 aromatic heterocycles. The molecule has 0 fully saturated rings. The fourth-order valence-corrected chi connectivity index (χ4v) is 6.93. The van der Waals surface area contributed by atoms with Crippen molar-refractivity contribution in [2.24, 2.45) is 17.3 Å². The molecule has 0 radical (unpaired) electrons. The van der Waals surface area contributed by atoms with E-state index >= 15 is 0 Å².